The summed E-state index contributed by atoms with van der Waals surface area (Å²) < 4.78 is 10.6. The number of hydrogen-bond acceptors (Lipinski definition) is 3. The second-order valence-corrected chi connectivity index (χ2v) is 6.40. The molecule has 0 aromatic carbocycles. The van der Waals surface area contributed by atoms with E-state index in [1.165, 1.54) is 19.3 Å². The fraction of sp³-hybridized carbons (Fsp3) is 0.824. The summed E-state index contributed by atoms with van der Waals surface area (Å²) in [5, 5.41) is 0. The number of ether oxygens (including phenoxy) is 2. The van der Waals surface area contributed by atoms with Crippen LogP contribution in [0.25, 0.3) is 0 Å². The lowest BCUT2D eigenvalue weighted by atomic mass is 9.94. The molecule has 0 aromatic heterocycles. The summed E-state index contributed by atoms with van der Waals surface area (Å²) in [6, 6.07) is 0. The van der Waals surface area contributed by atoms with Crippen molar-refractivity contribution in [3.8, 4) is 0 Å². The molecule has 0 spiro atoms. The van der Waals surface area contributed by atoms with Gasteiger partial charge in [-0.3, -0.25) is 0 Å². The number of epoxide rings is 1. The van der Waals surface area contributed by atoms with Gasteiger partial charge in [0.25, 0.3) is 0 Å². The van der Waals surface area contributed by atoms with E-state index in [-0.39, 0.29) is 12.1 Å². The van der Waals surface area contributed by atoms with E-state index in [0.29, 0.717) is 18.6 Å². The zero-order valence-corrected chi connectivity index (χ0v) is 13.6. The van der Waals surface area contributed by atoms with Gasteiger partial charge in [0, 0.05) is 6.08 Å². The highest BCUT2D eigenvalue weighted by molar-refractivity contribution is 5.83. The molecular formula is C17H30O3. The van der Waals surface area contributed by atoms with Crippen LogP contribution in [0.5, 0.6) is 0 Å². The monoisotopic (exact) mass is 282 g/mol. The van der Waals surface area contributed by atoms with E-state index in [1.807, 2.05) is 13.8 Å². The van der Waals surface area contributed by atoms with Crippen LogP contribution in [0, 0.1) is 11.8 Å². The van der Waals surface area contributed by atoms with Crippen molar-refractivity contribution in [1.82, 2.24) is 0 Å². The molecule has 1 rings (SSSR count). The van der Waals surface area contributed by atoms with Crippen LogP contribution in [-0.4, -0.2) is 24.8 Å². The predicted octanol–water partition coefficient (Wildman–Crippen LogP) is 4.12. The standard InChI is InChI=1S/C17H30O3/c1-6-19-16(18)11-14(5)17-15(20-17)10-13(4)9-7-8-12(2)3/h11-13,15,17H,6-10H2,1-5H3. The summed E-state index contributed by atoms with van der Waals surface area (Å²) in [7, 11) is 0. The van der Waals surface area contributed by atoms with E-state index in [4.69, 9.17) is 9.47 Å². The van der Waals surface area contributed by atoms with Crippen molar-refractivity contribution in [3.05, 3.63) is 11.6 Å². The lowest BCUT2D eigenvalue weighted by Gasteiger charge is -2.10. The molecule has 0 N–H and O–H groups in total. The summed E-state index contributed by atoms with van der Waals surface area (Å²) in [6.07, 6.45) is 6.97. The second-order valence-electron chi connectivity index (χ2n) is 6.40. The molecular weight excluding hydrogens is 252 g/mol. The maximum atomic E-state index is 11.4. The van der Waals surface area contributed by atoms with E-state index in [0.717, 1.165) is 17.9 Å². The van der Waals surface area contributed by atoms with Gasteiger partial charge >= 0.3 is 5.97 Å². The average molecular weight is 282 g/mol. The highest BCUT2D eigenvalue weighted by Crippen LogP contribution is 2.35. The summed E-state index contributed by atoms with van der Waals surface area (Å²) in [4.78, 5) is 11.4. The van der Waals surface area contributed by atoms with Crippen molar-refractivity contribution in [2.75, 3.05) is 6.61 Å². The van der Waals surface area contributed by atoms with Gasteiger partial charge in [-0.2, -0.15) is 0 Å². The van der Waals surface area contributed by atoms with Crippen LogP contribution in [0.4, 0.5) is 0 Å². The molecule has 0 aliphatic carbocycles. The van der Waals surface area contributed by atoms with Crippen LogP contribution < -0.4 is 0 Å². The van der Waals surface area contributed by atoms with Gasteiger partial charge in [0.05, 0.1) is 12.7 Å². The Morgan fingerprint density at radius 2 is 2.00 bits per heavy atom. The van der Waals surface area contributed by atoms with Crippen molar-refractivity contribution in [1.29, 1.82) is 0 Å². The van der Waals surface area contributed by atoms with Gasteiger partial charge in [-0.05, 0) is 37.7 Å². The number of carbonyl (C=O) groups is 1. The molecule has 3 heteroatoms. The van der Waals surface area contributed by atoms with Crippen LogP contribution in [0.2, 0.25) is 0 Å². The van der Waals surface area contributed by atoms with Gasteiger partial charge in [-0.15, -0.1) is 0 Å². The number of esters is 1. The van der Waals surface area contributed by atoms with Gasteiger partial charge in [0.15, 0.2) is 0 Å². The zero-order chi connectivity index (χ0) is 15.1. The molecule has 116 valence electrons. The van der Waals surface area contributed by atoms with Crippen LogP contribution in [0.3, 0.4) is 0 Å². The molecule has 0 radical (unpaired) electrons. The molecule has 0 aromatic rings. The van der Waals surface area contributed by atoms with Gasteiger partial charge in [-0.25, -0.2) is 4.79 Å². The Labute approximate surface area is 123 Å². The van der Waals surface area contributed by atoms with E-state index < -0.39 is 0 Å². The lowest BCUT2D eigenvalue weighted by Crippen LogP contribution is -2.06. The van der Waals surface area contributed by atoms with Crippen molar-refractivity contribution in [3.63, 3.8) is 0 Å². The van der Waals surface area contributed by atoms with E-state index >= 15 is 0 Å². The smallest absolute Gasteiger partial charge is 0.330 e. The van der Waals surface area contributed by atoms with Gasteiger partial charge in [0.2, 0.25) is 0 Å². The Hall–Kier alpha value is -0.830. The quantitative estimate of drug-likeness (QED) is 0.363. The van der Waals surface area contributed by atoms with Crippen LogP contribution in [0.15, 0.2) is 11.6 Å². The summed E-state index contributed by atoms with van der Waals surface area (Å²) in [6.45, 7) is 11.0. The van der Waals surface area contributed by atoms with Crippen LogP contribution in [0.1, 0.15) is 60.3 Å². The summed E-state index contributed by atoms with van der Waals surface area (Å²) in [5.74, 6) is 1.23. The fourth-order valence-electron chi connectivity index (χ4n) is 2.56. The number of hydrogen-bond donors (Lipinski definition) is 0. The topological polar surface area (TPSA) is 38.8 Å². The highest BCUT2D eigenvalue weighted by Gasteiger charge is 2.40. The molecule has 1 fully saturated rings. The third-order valence-electron chi connectivity index (χ3n) is 3.78. The Morgan fingerprint density at radius 3 is 2.60 bits per heavy atom. The maximum Gasteiger partial charge on any atom is 0.330 e. The van der Waals surface area contributed by atoms with Crippen molar-refractivity contribution >= 4 is 5.97 Å². The number of carbonyl (C=O) groups excluding carboxylic acids is 1. The maximum absolute atomic E-state index is 11.4. The average Bonchev–Trinajstić information content (AvgIpc) is 3.07. The van der Waals surface area contributed by atoms with Crippen LogP contribution in [-0.2, 0) is 14.3 Å². The molecule has 3 nitrogen and oxygen atoms in total. The molecule has 0 saturated carbocycles. The molecule has 1 heterocycles. The molecule has 20 heavy (non-hydrogen) atoms. The lowest BCUT2D eigenvalue weighted by molar-refractivity contribution is -0.137. The predicted molar refractivity (Wildman–Crippen MR) is 81.5 cm³/mol. The Bertz CT molecular complexity index is 333. The molecule has 1 saturated heterocycles. The minimum atomic E-state index is -0.260. The number of rotatable bonds is 9. The van der Waals surface area contributed by atoms with E-state index in [1.54, 1.807) is 6.08 Å². The third-order valence-corrected chi connectivity index (χ3v) is 3.78. The first-order valence-corrected chi connectivity index (χ1v) is 7.94. The molecule has 0 amide bonds. The Kier molecular flexibility index (Phi) is 7.28. The van der Waals surface area contributed by atoms with E-state index in [9.17, 15) is 4.79 Å². The first-order chi connectivity index (χ1) is 9.43. The fourth-order valence-corrected chi connectivity index (χ4v) is 2.56. The SMILES string of the molecule is CCOC(=O)C=C(C)C1OC1CC(C)CCCC(C)C. The van der Waals surface area contributed by atoms with Gasteiger partial charge in [-0.1, -0.05) is 40.0 Å². The largest absolute Gasteiger partial charge is 0.463 e. The first kappa shape index (κ1) is 17.2. The first-order valence-electron chi connectivity index (χ1n) is 7.94. The Morgan fingerprint density at radius 1 is 1.30 bits per heavy atom. The minimum Gasteiger partial charge on any atom is -0.463 e. The molecule has 3 atom stereocenters. The highest BCUT2D eigenvalue weighted by atomic mass is 16.6. The molecule has 0 bridgehead atoms. The van der Waals surface area contributed by atoms with E-state index in [2.05, 4.69) is 20.8 Å². The molecule has 1 aliphatic heterocycles. The normalized spacial score (nSPS) is 23.8. The van der Waals surface area contributed by atoms with Gasteiger partial charge < -0.3 is 9.47 Å². The van der Waals surface area contributed by atoms with Crippen LogP contribution >= 0.6 is 0 Å². The molecule has 3 unspecified atom stereocenters. The zero-order valence-electron chi connectivity index (χ0n) is 13.6. The third kappa shape index (κ3) is 6.56. The van der Waals surface area contributed by atoms with Crippen molar-refractivity contribution in [2.45, 2.75) is 72.5 Å². The second kappa shape index (κ2) is 8.46. The Balaban J connectivity index is 2.23. The van der Waals surface area contributed by atoms with Gasteiger partial charge in [0.1, 0.15) is 6.10 Å². The van der Waals surface area contributed by atoms with Crippen molar-refractivity contribution in [2.24, 2.45) is 11.8 Å². The summed E-state index contributed by atoms with van der Waals surface area (Å²) >= 11 is 0. The summed E-state index contributed by atoms with van der Waals surface area (Å²) in [5.41, 5.74) is 0.989. The molecule has 1 aliphatic rings. The minimum absolute atomic E-state index is 0.131. The van der Waals surface area contributed by atoms with Crippen molar-refractivity contribution < 1.29 is 14.3 Å².